The number of esters is 3. The van der Waals surface area contributed by atoms with Gasteiger partial charge in [-0.3, -0.25) is 14.4 Å². The molecular formula is C56H108O6. The van der Waals surface area contributed by atoms with Crippen LogP contribution in [0.4, 0.5) is 0 Å². The third-order valence-electron chi connectivity index (χ3n) is 12.8. The summed E-state index contributed by atoms with van der Waals surface area (Å²) in [6, 6.07) is 0. The summed E-state index contributed by atoms with van der Waals surface area (Å²) in [5.74, 6) is 0.0112. The van der Waals surface area contributed by atoms with Gasteiger partial charge in [0.1, 0.15) is 13.2 Å². The second kappa shape index (κ2) is 50.4. The highest BCUT2D eigenvalue weighted by molar-refractivity contribution is 5.71. The van der Waals surface area contributed by atoms with E-state index in [2.05, 4.69) is 27.7 Å². The predicted octanol–water partition coefficient (Wildman–Crippen LogP) is 18.2. The monoisotopic (exact) mass is 877 g/mol. The number of unbranched alkanes of at least 4 members (excludes halogenated alkanes) is 38. The van der Waals surface area contributed by atoms with E-state index in [-0.39, 0.29) is 31.1 Å². The van der Waals surface area contributed by atoms with Gasteiger partial charge in [0.25, 0.3) is 0 Å². The van der Waals surface area contributed by atoms with E-state index in [9.17, 15) is 14.4 Å². The fourth-order valence-electron chi connectivity index (χ4n) is 8.57. The lowest BCUT2D eigenvalue weighted by atomic mass is 10.0. The van der Waals surface area contributed by atoms with E-state index in [0.717, 1.165) is 63.7 Å². The summed E-state index contributed by atoms with van der Waals surface area (Å²) in [6.45, 7) is 9.06. The molecule has 368 valence electrons. The Kier molecular flexibility index (Phi) is 49.1. The Morgan fingerprint density at radius 2 is 0.532 bits per heavy atom. The molecule has 0 spiro atoms. The summed E-state index contributed by atoms with van der Waals surface area (Å²) < 4.78 is 16.9. The molecule has 0 unspecified atom stereocenters. The number of carbonyl (C=O) groups excluding carboxylic acids is 3. The molecule has 0 aliphatic rings. The van der Waals surface area contributed by atoms with Crippen LogP contribution in [0.15, 0.2) is 0 Å². The number of hydrogen-bond acceptors (Lipinski definition) is 6. The molecular weight excluding hydrogens is 769 g/mol. The van der Waals surface area contributed by atoms with Crippen molar-refractivity contribution in [1.82, 2.24) is 0 Å². The van der Waals surface area contributed by atoms with Crippen molar-refractivity contribution in [3.8, 4) is 0 Å². The minimum atomic E-state index is -0.761. The van der Waals surface area contributed by atoms with Crippen molar-refractivity contribution in [3.05, 3.63) is 0 Å². The first-order chi connectivity index (χ1) is 30.4. The van der Waals surface area contributed by atoms with Crippen LogP contribution in [0, 0.1) is 5.92 Å². The highest BCUT2D eigenvalue weighted by Gasteiger charge is 2.19. The Balaban J connectivity index is 4.27. The van der Waals surface area contributed by atoms with E-state index in [4.69, 9.17) is 14.2 Å². The molecule has 0 bridgehead atoms. The maximum atomic E-state index is 12.8. The molecule has 0 aromatic rings. The van der Waals surface area contributed by atoms with Gasteiger partial charge in [0, 0.05) is 19.3 Å². The standard InChI is InChI=1S/C56H108O6/c1-5-7-9-11-13-15-17-19-24-29-33-37-41-45-49-56(59)62-53(50-60-54(57)47-43-39-35-31-27-18-16-14-12-10-8-6-2)51-61-55(58)48-44-40-36-32-28-25-22-20-21-23-26-30-34-38-42-46-52(3)4/h52-53H,5-51H2,1-4H3/t53-/m0/s1. The first-order valence-corrected chi connectivity index (χ1v) is 27.9. The van der Waals surface area contributed by atoms with Crippen LogP contribution in [0.2, 0.25) is 0 Å². The molecule has 0 rings (SSSR count). The second-order valence-electron chi connectivity index (χ2n) is 19.7. The van der Waals surface area contributed by atoms with Gasteiger partial charge in [0.05, 0.1) is 0 Å². The molecule has 0 saturated carbocycles. The maximum Gasteiger partial charge on any atom is 0.306 e. The molecule has 0 fully saturated rings. The molecule has 0 heterocycles. The third kappa shape index (κ3) is 49.4. The zero-order valence-electron chi connectivity index (χ0n) is 42.3. The normalized spacial score (nSPS) is 12.0. The number of ether oxygens (including phenoxy) is 3. The van der Waals surface area contributed by atoms with Crippen LogP contribution in [0.3, 0.4) is 0 Å². The van der Waals surface area contributed by atoms with Gasteiger partial charge in [-0.1, -0.05) is 278 Å². The molecule has 0 aliphatic heterocycles. The minimum Gasteiger partial charge on any atom is -0.462 e. The van der Waals surface area contributed by atoms with Crippen LogP contribution < -0.4 is 0 Å². The van der Waals surface area contributed by atoms with Gasteiger partial charge < -0.3 is 14.2 Å². The van der Waals surface area contributed by atoms with E-state index in [0.29, 0.717) is 19.3 Å². The second-order valence-corrected chi connectivity index (χ2v) is 19.7. The Labute approximate surface area is 387 Å². The molecule has 0 amide bonds. The van der Waals surface area contributed by atoms with Gasteiger partial charge in [-0.15, -0.1) is 0 Å². The Morgan fingerprint density at radius 1 is 0.306 bits per heavy atom. The molecule has 6 nitrogen and oxygen atoms in total. The SMILES string of the molecule is CCCCCCCCCCCCCCCCC(=O)O[C@@H](COC(=O)CCCCCCCCCCCCCC)COC(=O)CCCCCCCCCCCCCCCCCC(C)C. The molecule has 62 heavy (non-hydrogen) atoms. The Morgan fingerprint density at radius 3 is 0.790 bits per heavy atom. The average Bonchev–Trinajstić information content (AvgIpc) is 3.26. The molecule has 0 aromatic heterocycles. The van der Waals surface area contributed by atoms with E-state index in [1.807, 2.05) is 0 Å². The highest BCUT2D eigenvalue weighted by atomic mass is 16.6. The lowest BCUT2D eigenvalue weighted by Crippen LogP contribution is -2.30. The van der Waals surface area contributed by atoms with Crippen LogP contribution in [-0.4, -0.2) is 37.2 Å². The summed E-state index contributed by atoms with van der Waals surface area (Å²) in [5, 5.41) is 0. The Bertz CT molecular complexity index is 933. The zero-order chi connectivity index (χ0) is 45.2. The first kappa shape index (κ1) is 60.4. The predicted molar refractivity (Wildman–Crippen MR) is 266 cm³/mol. The number of rotatable bonds is 51. The molecule has 0 saturated heterocycles. The topological polar surface area (TPSA) is 78.9 Å². The van der Waals surface area contributed by atoms with Crippen molar-refractivity contribution in [3.63, 3.8) is 0 Å². The average molecular weight is 877 g/mol. The van der Waals surface area contributed by atoms with Gasteiger partial charge in [-0.05, 0) is 25.2 Å². The van der Waals surface area contributed by atoms with E-state index in [1.165, 1.54) is 212 Å². The largest absolute Gasteiger partial charge is 0.462 e. The van der Waals surface area contributed by atoms with Crippen molar-refractivity contribution in [1.29, 1.82) is 0 Å². The summed E-state index contributed by atoms with van der Waals surface area (Å²) in [6.07, 6.45) is 53.7. The first-order valence-electron chi connectivity index (χ1n) is 27.9. The summed E-state index contributed by atoms with van der Waals surface area (Å²) in [7, 11) is 0. The zero-order valence-corrected chi connectivity index (χ0v) is 42.3. The van der Waals surface area contributed by atoms with Crippen molar-refractivity contribution in [2.75, 3.05) is 13.2 Å². The van der Waals surface area contributed by atoms with Gasteiger partial charge in [0.2, 0.25) is 0 Å². The Hall–Kier alpha value is -1.59. The molecule has 0 aliphatic carbocycles. The van der Waals surface area contributed by atoms with E-state index < -0.39 is 6.10 Å². The fourth-order valence-corrected chi connectivity index (χ4v) is 8.57. The van der Waals surface area contributed by atoms with Gasteiger partial charge >= 0.3 is 17.9 Å². The van der Waals surface area contributed by atoms with Crippen LogP contribution in [-0.2, 0) is 28.6 Å². The maximum absolute atomic E-state index is 12.8. The van der Waals surface area contributed by atoms with Crippen LogP contribution >= 0.6 is 0 Å². The van der Waals surface area contributed by atoms with Crippen molar-refractivity contribution in [2.45, 2.75) is 323 Å². The number of hydrogen-bond donors (Lipinski definition) is 0. The molecule has 0 aromatic carbocycles. The van der Waals surface area contributed by atoms with Crippen molar-refractivity contribution < 1.29 is 28.6 Å². The molecule has 0 N–H and O–H groups in total. The molecule has 0 radical (unpaired) electrons. The fraction of sp³-hybridized carbons (Fsp3) is 0.946. The quantitative estimate of drug-likeness (QED) is 0.0344. The van der Waals surface area contributed by atoms with Crippen LogP contribution in [0.1, 0.15) is 317 Å². The summed E-state index contributed by atoms with van der Waals surface area (Å²) in [5.41, 5.74) is 0. The van der Waals surface area contributed by atoms with Gasteiger partial charge in [-0.2, -0.15) is 0 Å². The van der Waals surface area contributed by atoms with E-state index >= 15 is 0 Å². The molecule has 6 heteroatoms. The lowest BCUT2D eigenvalue weighted by Gasteiger charge is -2.18. The summed E-state index contributed by atoms with van der Waals surface area (Å²) >= 11 is 0. The number of carbonyl (C=O) groups is 3. The molecule has 1 atom stereocenters. The summed E-state index contributed by atoms with van der Waals surface area (Å²) in [4.78, 5) is 38.0. The van der Waals surface area contributed by atoms with Crippen molar-refractivity contribution >= 4 is 17.9 Å². The third-order valence-corrected chi connectivity index (χ3v) is 12.8. The smallest absolute Gasteiger partial charge is 0.306 e. The van der Waals surface area contributed by atoms with Crippen molar-refractivity contribution in [2.24, 2.45) is 5.92 Å². The highest BCUT2D eigenvalue weighted by Crippen LogP contribution is 2.18. The van der Waals surface area contributed by atoms with Crippen LogP contribution in [0.25, 0.3) is 0 Å². The van der Waals surface area contributed by atoms with E-state index in [1.54, 1.807) is 0 Å². The van der Waals surface area contributed by atoms with Gasteiger partial charge in [-0.25, -0.2) is 0 Å². The minimum absolute atomic E-state index is 0.0620. The lowest BCUT2D eigenvalue weighted by molar-refractivity contribution is -0.167. The van der Waals surface area contributed by atoms with Gasteiger partial charge in [0.15, 0.2) is 6.10 Å². The van der Waals surface area contributed by atoms with Crippen LogP contribution in [0.5, 0.6) is 0 Å².